The van der Waals surface area contributed by atoms with Crippen LogP contribution in [0.1, 0.15) is 42.7 Å². The van der Waals surface area contributed by atoms with E-state index in [0.29, 0.717) is 5.56 Å². The summed E-state index contributed by atoms with van der Waals surface area (Å²) in [7, 11) is 0. The molecule has 0 spiro atoms. The Morgan fingerprint density at radius 1 is 0.854 bits per heavy atom. The number of hydrogen-bond donors (Lipinski definition) is 0. The normalized spacial score (nSPS) is 17.1. The lowest BCUT2D eigenvalue weighted by Crippen LogP contribution is -2.33. The molecule has 1 aliphatic carbocycles. The monoisotopic (exact) mass is 530 g/mol. The first-order chi connectivity index (χ1) is 20.0. The summed E-state index contributed by atoms with van der Waals surface area (Å²) < 4.78 is 8.81. The number of nitriles is 1. The van der Waals surface area contributed by atoms with Crippen molar-refractivity contribution in [3.63, 3.8) is 0 Å². The molecule has 0 fully saturated rings. The van der Waals surface area contributed by atoms with Crippen molar-refractivity contribution >= 4 is 44.5 Å². The van der Waals surface area contributed by atoms with Gasteiger partial charge in [-0.3, -0.25) is 0 Å². The zero-order valence-corrected chi connectivity index (χ0v) is 23.5. The Balaban J connectivity index is 1.42. The summed E-state index contributed by atoms with van der Waals surface area (Å²) in [6.07, 6.45) is 12.0. The standard InChI is InChI=1S/C38H30N2O/c1-4-10-34-25(2)30-13-5-6-15-35(30)40(34)38(3)20-8-7-14-33(38)29-17-19-37-32(23-29)31-22-28(16-18-36(31)41-37)27-12-9-11-26(21-27)24-39/h4-19,21-23H,20H2,1-3H3/b10-4-. The van der Waals surface area contributed by atoms with Crippen LogP contribution in [0.25, 0.3) is 55.6 Å². The van der Waals surface area contributed by atoms with Gasteiger partial charge < -0.3 is 8.98 Å². The van der Waals surface area contributed by atoms with Crippen LogP contribution in [0.3, 0.4) is 0 Å². The van der Waals surface area contributed by atoms with Crippen LogP contribution in [-0.2, 0) is 5.54 Å². The summed E-state index contributed by atoms with van der Waals surface area (Å²) in [5.41, 5.74) is 10.5. The third kappa shape index (κ3) is 3.87. The molecule has 0 saturated carbocycles. The molecule has 0 aliphatic heterocycles. The lowest BCUT2D eigenvalue weighted by atomic mass is 9.80. The number of allylic oxidation sites excluding steroid dienone is 5. The molecule has 0 radical (unpaired) electrons. The summed E-state index contributed by atoms with van der Waals surface area (Å²) in [6, 6.07) is 31.6. The Kier molecular flexibility index (Phi) is 5.80. The lowest BCUT2D eigenvalue weighted by Gasteiger charge is -2.38. The van der Waals surface area contributed by atoms with Crippen molar-refractivity contribution in [3.05, 3.63) is 132 Å². The number of furan rings is 1. The quantitative estimate of drug-likeness (QED) is 0.227. The minimum Gasteiger partial charge on any atom is -0.456 e. The number of aryl methyl sites for hydroxylation is 1. The molecule has 0 N–H and O–H groups in total. The van der Waals surface area contributed by atoms with Crippen LogP contribution in [0.2, 0.25) is 0 Å². The van der Waals surface area contributed by atoms with E-state index in [2.05, 4.69) is 116 Å². The molecule has 2 heterocycles. The second kappa shape index (κ2) is 9.54. The molecule has 4 aromatic carbocycles. The van der Waals surface area contributed by atoms with Gasteiger partial charge >= 0.3 is 0 Å². The van der Waals surface area contributed by atoms with Crippen LogP contribution in [0, 0.1) is 18.3 Å². The van der Waals surface area contributed by atoms with Gasteiger partial charge in [-0.1, -0.05) is 66.8 Å². The van der Waals surface area contributed by atoms with Crippen LogP contribution in [0.4, 0.5) is 0 Å². The van der Waals surface area contributed by atoms with Gasteiger partial charge in [-0.25, -0.2) is 0 Å². The van der Waals surface area contributed by atoms with E-state index < -0.39 is 0 Å². The maximum atomic E-state index is 9.39. The molecule has 41 heavy (non-hydrogen) atoms. The summed E-state index contributed by atoms with van der Waals surface area (Å²) in [5.74, 6) is 0. The smallest absolute Gasteiger partial charge is 0.135 e. The van der Waals surface area contributed by atoms with Gasteiger partial charge in [0.2, 0.25) is 0 Å². The molecule has 0 amide bonds. The first-order valence-electron chi connectivity index (χ1n) is 14.1. The van der Waals surface area contributed by atoms with Crippen LogP contribution in [0.15, 0.2) is 114 Å². The van der Waals surface area contributed by atoms with E-state index in [0.717, 1.165) is 39.5 Å². The zero-order chi connectivity index (χ0) is 28.1. The summed E-state index contributed by atoms with van der Waals surface area (Å²) in [5, 5.41) is 12.9. The van der Waals surface area contributed by atoms with Crippen molar-refractivity contribution in [1.82, 2.24) is 4.57 Å². The Bertz CT molecular complexity index is 2130. The second-order valence-corrected chi connectivity index (χ2v) is 11.1. The van der Waals surface area contributed by atoms with Gasteiger partial charge in [0, 0.05) is 27.4 Å². The van der Waals surface area contributed by atoms with E-state index in [9.17, 15) is 5.26 Å². The second-order valence-electron chi connectivity index (χ2n) is 11.1. The van der Waals surface area contributed by atoms with Gasteiger partial charge in [-0.2, -0.15) is 5.26 Å². The number of nitrogens with zero attached hydrogens (tertiary/aromatic N) is 2. The molecule has 6 aromatic rings. The fourth-order valence-corrected chi connectivity index (χ4v) is 6.57. The Morgan fingerprint density at radius 2 is 1.59 bits per heavy atom. The average molecular weight is 531 g/mol. The lowest BCUT2D eigenvalue weighted by molar-refractivity contribution is 0.440. The minimum atomic E-state index is -0.284. The minimum absolute atomic E-state index is 0.284. The van der Waals surface area contributed by atoms with Crippen LogP contribution in [0.5, 0.6) is 0 Å². The van der Waals surface area contributed by atoms with E-state index in [1.165, 1.54) is 33.3 Å². The van der Waals surface area contributed by atoms with Crippen molar-refractivity contribution in [2.45, 2.75) is 32.7 Å². The van der Waals surface area contributed by atoms with E-state index in [1.54, 1.807) is 0 Å². The fourth-order valence-electron chi connectivity index (χ4n) is 6.57. The third-order valence-corrected chi connectivity index (χ3v) is 8.59. The largest absolute Gasteiger partial charge is 0.456 e. The molecule has 7 rings (SSSR count). The molecule has 1 unspecified atom stereocenters. The molecule has 3 nitrogen and oxygen atoms in total. The maximum absolute atomic E-state index is 9.39. The summed E-state index contributed by atoms with van der Waals surface area (Å²) >= 11 is 0. The first-order valence-corrected chi connectivity index (χ1v) is 14.1. The van der Waals surface area contributed by atoms with Gasteiger partial charge in [0.1, 0.15) is 11.2 Å². The number of benzene rings is 4. The highest BCUT2D eigenvalue weighted by Gasteiger charge is 2.35. The SMILES string of the molecule is C/C=C\c1c(C)c2ccccc2n1C1(C)CC=CC=C1c1ccc2oc3ccc(-c4cccc(C#N)c4)cc3c2c1. The molecule has 0 bridgehead atoms. The highest BCUT2D eigenvalue weighted by atomic mass is 16.3. The number of fused-ring (bicyclic) bond motifs is 4. The van der Waals surface area contributed by atoms with Gasteiger partial charge in [-0.05, 0) is 104 Å². The number of para-hydroxylation sites is 1. The molecule has 0 saturated heterocycles. The van der Waals surface area contributed by atoms with Gasteiger partial charge in [0.05, 0.1) is 17.2 Å². The molecule has 198 valence electrons. The number of aromatic nitrogens is 1. The number of rotatable bonds is 4. The van der Waals surface area contributed by atoms with Crippen molar-refractivity contribution in [1.29, 1.82) is 5.26 Å². The predicted molar refractivity (Wildman–Crippen MR) is 171 cm³/mol. The molecular weight excluding hydrogens is 500 g/mol. The topological polar surface area (TPSA) is 41.9 Å². The highest BCUT2D eigenvalue weighted by molar-refractivity contribution is 6.07. The Morgan fingerprint density at radius 3 is 2.37 bits per heavy atom. The van der Waals surface area contributed by atoms with Crippen molar-refractivity contribution in [2.24, 2.45) is 0 Å². The van der Waals surface area contributed by atoms with Gasteiger partial charge in [-0.15, -0.1) is 0 Å². The molecule has 3 heteroatoms. The zero-order valence-electron chi connectivity index (χ0n) is 23.5. The van der Waals surface area contributed by atoms with Crippen LogP contribution >= 0.6 is 0 Å². The van der Waals surface area contributed by atoms with Gasteiger partial charge in [0.15, 0.2) is 0 Å². The summed E-state index contributed by atoms with van der Waals surface area (Å²) in [4.78, 5) is 0. The Labute approximate surface area is 240 Å². The molecule has 1 atom stereocenters. The molecule has 2 aromatic heterocycles. The van der Waals surface area contributed by atoms with E-state index >= 15 is 0 Å². The van der Waals surface area contributed by atoms with Crippen molar-refractivity contribution in [3.8, 4) is 17.2 Å². The average Bonchev–Trinajstić information content (AvgIpc) is 3.52. The fraction of sp³-hybridized carbons (Fsp3) is 0.132. The van der Waals surface area contributed by atoms with E-state index in [1.807, 2.05) is 30.3 Å². The summed E-state index contributed by atoms with van der Waals surface area (Å²) in [6.45, 7) is 6.68. The predicted octanol–water partition coefficient (Wildman–Crippen LogP) is 10.2. The van der Waals surface area contributed by atoms with Crippen LogP contribution in [-0.4, -0.2) is 4.57 Å². The van der Waals surface area contributed by atoms with Gasteiger partial charge in [0.25, 0.3) is 0 Å². The maximum Gasteiger partial charge on any atom is 0.135 e. The van der Waals surface area contributed by atoms with E-state index in [-0.39, 0.29) is 5.54 Å². The highest BCUT2D eigenvalue weighted by Crippen LogP contribution is 2.45. The number of hydrogen-bond acceptors (Lipinski definition) is 2. The van der Waals surface area contributed by atoms with Crippen molar-refractivity contribution in [2.75, 3.05) is 0 Å². The molecular formula is C38H30N2O. The van der Waals surface area contributed by atoms with Crippen molar-refractivity contribution < 1.29 is 4.42 Å². The third-order valence-electron chi connectivity index (χ3n) is 8.59. The van der Waals surface area contributed by atoms with Crippen LogP contribution < -0.4 is 0 Å². The van der Waals surface area contributed by atoms with E-state index in [4.69, 9.17) is 4.42 Å². The Hall–Kier alpha value is -5.07. The first kappa shape index (κ1) is 24.9. The molecule has 1 aliphatic rings.